The largest absolute Gasteiger partial charge is 0.375 e. The molecule has 0 radical (unpaired) electrons. The van der Waals surface area contributed by atoms with Gasteiger partial charge < -0.3 is 24.8 Å². The molecule has 33 heavy (non-hydrogen) atoms. The molecule has 0 spiro atoms. The van der Waals surface area contributed by atoms with Gasteiger partial charge in [0.1, 0.15) is 6.61 Å². The van der Waals surface area contributed by atoms with Crippen LogP contribution in [0, 0.1) is 0 Å². The number of nitrogens with zero attached hydrogens (tertiary/aromatic N) is 3. The van der Waals surface area contributed by atoms with Gasteiger partial charge in [-0.3, -0.25) is 9.78 Å². The molecule has 0 bridgehead atoms. The third-order valence-corrected chi connectivity index (χ3v) is 6.18. The van der Waals surface area contributed by atoms with Gasteiger partial charge in [-0.05, 0) is 68.0 Å². The van der Waals surface area contributed by atoms with Crippen LogP contribution in [-0.2, 0) is 9.53 Å². The molecular formula is C24H26ClN5O2S. The van der Waals surface area contributed by atoms with Gasteiger partial charge in [-0.2, -0.15) is 0 Å². The Morgan fingerprint density at radius 1 is 1.30 bits per heavy atom. The van der Waals surface area contributed by atoms with Crippen LogP contribution in [0.5, 0.6) is 0 Å². The minimum absolute atomic E-state index is 0.0428. The number of hydrogen-bond donors (Lipinski definition) is 2. The van der Waals surface area contributed by atoms with E-state index >= 15 is 0 Å². The van der Waals surface area contributed by atoms with Gasteiger partial charge in [-0.25, -0.2) is 0 Å². The van der Waals surface area contributed by atoms with E-state index in [2.05, 4.69) is 57.4 Å². The highest BCUT2D eigenvalue weighted by Crippen LogP contribution is 2.43. The third-order valence-electron chi connectivity index (χ3n) is 5.55. The Morgan fingerprint density at radius 3 is 2.76 bits per heavy atom. The molecule has 1 amide bonds. The molecule has 1 fully saturated rings. The molecule has 2 N–H and O–H groups in total. The van der Waals surface area contributed by atoms with E-state index in [-0.39, 0.29) is 24.6 Å². The Kier molecular flexibility index (Phi) is 6.97. The van der Waals surface area contributed by atoms with E-state index in [1.165, 1.54) is 7.11 Å². The molecule has 0 unspecified atom stereocenters. The molecule has 172 valence electrons. The lowest BCUT2D eigenvalue weighted by atomic mass is 9.98. The van der Waals surface area contributed by atoms with Crippen LogP contribution >= 0.6 is 23.8 Å². The number of amides is 1. The standard InChI is InChI=1S/C24H26ClN5O2S/c1-15(2)29-11-9-16(13-29)23-22(20-6-4-5-10-26-20)28-24(33)30(23)17-7-8-19(18(25)12-17)27-21(31)14-32-3/h4-13,15,22-23H,14H2,1-3H3,(H,27,31)(H,28,33)/t22-,23-/m0/s1. The molecule has 0 aliphatic carbocycles. The number of methoxy groups -OCH3 is 1. The number of benzene rings is 1. The van der Waals surface area contributed by atoms with Crippen LogP contribution in [0.4, 0.5) is 11.4 Å². The van der Waals surface area contributed by atoms with E-state index < -0.39 is 0 Å². The number of hydrogen-bond acceptors (Lipinski definition) is 4. The summed E-state index contributed by atoms with van der Waals surface area (Å²) < 4.78 is 7.05. The first kappa shape index (κ1) is 23.2. The van der Waals surface area contributed by atoms with Crippen molar-refractivity contribution in [2.45, 2.75) is 32.0 Å². The van der Waals surface area contributed by atoms with E-state index in [1.807, 2.05) is 30.3 Å². The second-order valence-corrected chi connectivity index (χ2v) is 8.92. The average molecular weight is 484 g/mol. The van der Waals surface area contributed by atoms with Gasteiger partial charge >= 0.3 is 0 Å². The maximum absolute atomic E-state index is 11.9. The summed E-state index contributed by atoms with van der Waals surface area (Å²) in [6, 6.07) is 13.5. The van der Waals surface area contributed by atoms with Crippen molar-refractivity contribution in [2.24, 2.45) is 0 Å². The number of ether oxygens (including phenoxy) is 1. The van der Waals surface area contributed by atoms with E-state index in [9.17, 15) is 4.79 Å². The monoisotopic (exact) mass is 483 g/mol. The quantitative estimate of drug-likeness (QED) is 0.467. The van der Waals surface area contributed by atoms with Gasteiger partial charge in [-0.15, -0.1) is 0 Å². The molecular weight excluding hydrogens is 458 g/mol. The summed E-state index contributed by atoms with van der Waals surface area (Å²) in [7, 11) is 1.47. The molecule has 2 aromatic heterocycles. The van der Waals surface area contributed by atoms with E-state index in [1.54, 1.807) is 12.3 Å². The lowest BCUT2D eigenvalue weighted by molar-refractivity contribution is -0.119. The van der Waals surface area contributed by atoms with Crippen molar-refractivity contribution >= 4 is 46.2 Å². The second-order valence-electron chi connectivity index (χ2n) is 8.13. The number of rotatable bonds is 7. The van der Waals surface area contributed by atoms with Gasteiger partial charge in [0.05, 0.1) is 28.5 Å². The fraction of sp³-hybridized carbons (Fsp3) is 0.292. The smallest absolute Gasteiger partial charge is 0.250 e. The van der Waals surface area contributed by atoms with Crippen molar-refractivity contribution < 1.29 is 9.53 Å². The number of halogens is 1. The average Bonchev–Trinajstić information content (AvgIpc) is 3.41. The zero-order valence-corrected chi connectivity index (χ0v) is 20.2. The molecule has 3 aromatic rings. The molecule has 1 aliphatic rings. The van der Waals surface area contributed by atoms with Crippen LogP contribution < -0.4 is 15.5 Å². The molecule has 0 saturated carbocycles. The summed E-state index contributed by atoms with van der Waals surface area (Å²) >= 11 is 12.3. The first-order valence-corrected chi connectivity index (χ1v) is 11.4. The van der Waals surface area contributed by atoms with Crippen LogP contribution in [0.1, 0.15) is 43.2 Å². The number of pyridine rings is 1. The zero-order chi connectivity index (χ0) is 23.5. The van der Waals surface area contributed by atoms with Crippen LogP contribution in [0.25, 0.3) is 0 Å². The molecule has 7 nitrogen and oxygen atoms in total. The Balaban J connectivity index is 1.72. The summed E-state index contributed by atoms with van der Waals surface area (Å²) in [6.07, 6.45) is 6.01. The molecule has 2 atom stereocenters. The molecule has 4 rings (SSSR count). The lowest BCUT2D eigenvalue weighted by Gasteiger charge is -2.27. The number of nitrogens with one attached hydrogen (secondary N) is 2. The lowest BCUT2D eigenvalue weighted by Crippen LogP contribution is -2.29. The van der Waals surface area contributed by atoms with Crippen molar-refractivity contribution in [3.63, 3.8) is 0 Å². The maximum Gasteiger partial charge on any atom is 0.250 e. The molecule has 1 aliphatic heterocycles. The molecule has 9 heteroatoms. The number of aromatic nitrogens is 2. The highest BCUT2D eigenvalue weighted by atomic mass is 35.5. The Bertz CT molecular complexity index is 1150. The predicted octanol–water partition coefficient (Wildman–Crippen LogP) is 4.88. The Labute approximate surface area is 203 Å². The van der Waals surface area contributed by atoms with Crippen molar-refractivity contribution in [1.82, 2.24) is 14.9 Å². The van der Waals surface area contributed by atoms with Gasteiger partial charge in [0, 0.05) is 37.4 Å². The molecule has 3 heterocycles. The summed E-state index contributed by atoms with van der Waals surface area (Å²) in [4.78, 5) is 18.5. The number of carbonyl (C=O) groups is 1. The van der Waals surface area contributed by atoms with Crippen molar-refractivity contribution in [3.05, 3.63) is 77.3 Å². The summed E-state index contributed by atoms with van der Waals surface area (Å²) in [5.41, 5.74) is 3.35. The van der Waals surface area contributed by atoms with Crippen molar-refractivity contribution in [3.8, 4) is 0 Å². The summed E-state index contributed by atoms with van der Waals surface area (Å²) in [5, 5.41) is 7.20. The number of carbonyl (C=O) groups excluding carboxylic acids is 1. The fourth-order valence-corrected chi connectivity index (χ4v) is 4.54. The van der Waals surface area contributed by atoms with Gasteiger partial charge in [-0.1, -0.05) is 17.7 Å². The first-order chi connectivity index (χ1) is 15.9. The highest BCUT2D eigenvalue weighted by molar-refractivity contribution is 7.80. The first-order valence-electron chi connectivity index (χ1n) is 10.7. The van der Waals surface area contributed by atoms with Gasteiger partial charge in [0.15, 0.2) is 5.11 Å². The maximum atomic E-state index is 11.9. The number of anilines is 2. The van der Waals surface area contributed by atoms with Crippen molar-refractivity contribution in [1.29, 1.82) is 0 Å². The van der Waals surface area contributed by atoms with Crippen molar-refractivity contribution in [2.75, 3.05) is 23.9 Å². The van der Waals surface area contributed by atoms with E-state index in [4.69, 9.17) is 28.6 Å². The Morgan fingerprint density at radius 2 is 2.12 bits per heavy atom. The number of thiocarbonyl (C=S) groups is 1. The highest BCUT2D eigenvalue weighted by Gasteiger charge is 2.41. The normalized spacial score (nSPS) is 18.0. The minimum Gasteiger partial charge on any atom is -0.375 e. The van der Waals surface area contributed by atoms with Crippen LogP contribution in [-0.4, -0.2) is 34.3 Å². The topological polar surface area (TPSA) is 71.4 Å². The SMILES string of the molecule is COCC(=O)Nc1ccc(N2C(=S)N[C@@H](c3ccccn3)[C@@H]2c2ccn(C(C)C)c2)cc1Cl. The fourth-order valence-electron chi connectivity index (χ4n) is 3.97. The van der Waals surface area contributed by atoms with Crippen LogP contribution in [0.15, 0.2) is 61.1 Å². The van der Waals surface area contributed by atoms with Crippen LogP contribution in [0.2, 0.25) is 5.02 Å². The third kappa shape index (κ3) is 4.88. The zero-order valence-electron chi connectivity index (χ0n) is 18.7. The molecule has 1 aromatic carbocycles. The molecule has 1 saturated heterocycles. The minimum atomic E-state index is -0.270. The van der Waals surface area contributed by atoms with E-state index in [0.717, 1.165) is 16.9 Å². The van der Waals surface area contributed by atoms with Gasteiger partial charge in [0.25, 0.3) is 0 Å². The predicted molar refractivity (Wildman–Crippen MR) is 135 cm³/mol. The summed E-state index contributed by atoms with van der Waals surface area (Å²) in [6.45, 7) is 4.25. The summed E-state index contributed by atoms with van der Waals surface area (Å²) in [5.74, 6) is -0.270. The Hall–Kier alpha value is -2.94. The van der Waals surface area contributed by atoms with Crippen LogP contribution in [0.3, 0.4) is 0 Å². The van der Waals surface area contributed by atoms with E-state index in [0.29, 0.717) is 21.9 Å². The second kappa shape index (κ2) is 9.91. The van der Waals surface area contributed by atoms with Gasteiger partial charge in [0.2, 0.25) is 5.91 Å².